The molecule has 1 fully saturated rings. The van der Waals surface area contributed by atoms with E-state index in [2.05, 4.69) is 4.74 Å². The van der Waals surface area contributed by atoms with Gasteiger partial charge in [-0.3, -0.25) is 9.69 Å². The number of rotatable bonds is 2. The molecule has 0 bridgehead atoms. The van der Waals surface area contributed by atoms with E-state index in [1.807, 2.05) is 11.9 Å². The average molecular weight is 252 g/mol. The lowest BCUT2D eigenvalue weighted by Gasteiger charge is -2.28. The molecule has 1 N–H and O–H groups in total. The molecule has 1 heterocycles. The molecule has 1 unspecified atom stereocenters. The van der Waals surface area contributed by atoms with Crippen LogP contribution in [0.4, 0.5) is 4.79 Å². The van der Waals surface area contributed by atoms with Crippen LogP contribution in [0.2, 0.25) is 0 Å². The van der Waals surface area contributed by atoms with E-state index in [9.17, 15) is 9.59 Å². The zero-order valence-corrected chi connectivity index (χ0v) is 10.4. The van der Waals surface area contributed by atoms with Crippen molar-refractivity contribution in [2.75, 3.05) is 20.2 Å². The van der Waals surface area contributed by atoms with Crippen molar-refractivity contribution in [3.8, 4) is 0 Å². The van der Waals surface area contributed by atoms with Gasteiger partial charge in [-0.25, -0.2) is 4.79 Å². The number of carboxylic acid groups (broad SMARTS) is 1. The van der Waals surface area contributed by atoms with Gasteiger partial charge in [-0.15, -0.1) is 0 Å². The molecule has 1 aliphatic rings. The maximum atomic E-state index is 10.5. The summed E-state index contributed by atoms with van der Waals surface area (Å²) in [5.41, 5.74) is -0.738. The van der Waals surface area contributed by atoms with Gasteiger partial charge in [0.05, 0.1) is 6.61 Å². The van der Waals surface area contributed by atoms with Crippen molar-refractivity contribution in [1.82, 2.24) is 4.90 Å². The van der Waals surface area contributed by atoms with Gasteiger partial charge in [0.2, 0.25) is 0 Å². The minimum Gasteiger partial charge on any atom is -0.480 e. The lowest BCUT2D eigenvalue weighted by Crippen LogP contribution is -2.41. The second-order valence-electron chi connectivity index (χ2n) is 3.50. The smallest absolute Gasteiger partial charge is 0.403 e. The van der Waals surface area contributed by atoms with Gasteiger partial charge in [0, 0.05) is 11.6 Å². The number of carboxylic acids is 1. The molecule has 1 atom stereocenters. The van der Waals surface area contributed by atoms with Gasteiger partial charge in [0.15, 0.2) is 0 Å². The van der Waals surface area contributed by atoms with Crippen molar-refractivity contribution in [2.24, 2.45) is 0 Å². The summed E-state index contributed by atoms with van der Waals surface area (Å²) in [5.74, 6) is -0.679. The Labute approximate surface area is 100 Å². The standard InChI is InChI=1S/C7H13NO2.C3H5ClO2/c1-8-5-3-2-4-6(8)7(9)10;1-2-6-3(4)5/h6H,2-5H2,1H3,(H,9,10);2H2,1H3. The molecule has 0 aromatic heterocycles. The summed E-state index contributed by atoms with van der Waals surface area (Å²) >= 11 is 4.72. The third-order valence-electron chi connectivity index (χ3n) is 2.31. The predicted octanol–water partition coefficient (Wildman–Crippen LogP) is 1.94. The number of ether oxygens (including phenoxy) is 1. The van der Waals surface area contributed by atoms with E-state index in [1.165, 1.54) is 0 Å². The van der Waals surface area contributed by atoms with Crippen LogP contribution in [0, 0.1) is 0 Å². The van der Waals surface area contributed by atoms with Crippen molar-refractivity contribution < 1.29 is 19.4 Å². The minimum atomic E-state index is -0.738. The summed E-state index contributed by atoms with van der Waals surface area (Å²) < 4.78 is 4.17. The lowest BCUT2D eigenvalue weighted by molar-refractivity contribution is -0.143. The maximum Gasteiger partial charge on any atom is 0.403 e. The molecule has 0 aromatic rings. The zero-order valence-electron chi connectivity index (χ0n) is 9.61. The Balaban J connectivity index is 0.000000325. The van der Waals surface area contributed by atoms with Gasteiger partial charge in [-0.1, -0.05) is 6.42 Å². The molecular weight excluding hydrogens is 234 g/mol. The molecule has 0 radical (unpaired) electrons. The fraction of sp³-hybridized carbons (Fsp3) is 0.800. The molecule has 16 heavy (non-hydrogen) atoms. The van der Waals surface area contributed by atoms with Gasteiger partial charge < -0.3 is 9.84 Å². The van der Waals surface area contributed by atoms with Crippen LogP contribution in [-0.4, -0.2) is 47.6 Å². The summed E-state index contributed by atoms with van der Waals surface area (Å²) in [4.78, 5) is 22.0. The number of carbonyl (C=O) groups is 2. The summed E-state index contributed by atoms with van der Waals surface area (Å²) in [6.45, 7) is 2.97. The molecule has 0 aromatic carbocycles. The first-order chi connectivity index (χ1) is 7.49. The van der Waals surface area contributed by atoms with Crippen LogP contribution < -0.4 is 0 Å². The van der Waals surface area contributed by atoms with Crippen LogP contribution in [0.5, 0.6) is 0 Å². The Hall–Kier alpha value is -0.810. The third-order valence-corrected chi connectivity index (χ3v) is 2.42. The molecule has 0 spiro atoms. The van der Waals surface area contributed by atoms with Gasteiger partial charge in [-0.2, -0.15) is 0 Å². The zero-order chi connectivity index (χ0) is 12.6. The fourth-order valence-electron chi connectivity index (χ4n) is 1.50. The van der Waals surface area contributed by atoms with Gasteiger partial charge in [0.1, 0.15) is 6.04 Å². The Morgan fingerprint density at radius 1 is 1.50 bits per heavy atom. The number of halogens is 1. The number of hydrogen-bond donors (Lipinski definition) is 1. The van der Waals surface area contributed by atoms with Crippen molar-refractivity contribution >= 4 is 23.0 Å². The second-order valence-corrected chi connectivity index (χ2v) is 3.81. The first-order valence-corrected chi connectivity index (χ1v) is 5.62. The van der Waals surface area contributed by atoms with E-state index >= 15 is 0 Å². The molecule has 1 rings (SSSR count). The molecule has 5 nitrogen and oxygen atoms in total. The van der Waals surface area contributed by atoms with Gasteiger partial charge in [-0.05, 0) is 33.4 Å². The highest BCUT2D eigenvalue weighted by Crippen LogP contribution is 2.14. The average Bonchev–Trinajstić information content (AvgIpc) is 2.18. The number of likely N-dealkylation sites (tertiary alicyclic amines) is 1. The number of hydrogen-bond acceptors (Lipinski definition) is 4. The number of likely N-dealkylation sites (N-methyl/N-ethyl adjacent to an activating group) is 1. The first kappa shape index (κ1) is 15.2. The Kier molecular flexibility index (Phi) is 7.93. The normalized spacial score (nSPS) is 20.6. The van der Waals surface area contributed by atoms with Crippen LogP contribution in [0.3, 0.4) is 0 Å². The molecule has 1 aliphatic heterocycles. The third kappa shape index (κ3) is 6.63. The molecular formula is C10H18ClNO4. The number of piperidine rings is 1. The first-order valence-electron chi connectivity index (χ1n) is 5.24. The molecule has 94 valence electrons. The van der Waals surface area contributed by atoms with E-state index in [0.717, 1.165) is 25.8 Å². The second kappa shape index (κ2) is 8.35. The highest BCUT2D eigenvalue weighted by Gasteiger charge is 2.24. The Morgan fingerprint density at radius 3 is 2.38 bits per heavy atom. The molecule has 0 amide bonds. The van der Waals surface area contributed by atoms with Gasteiger partial charge in [0.25, 0.3) is 0 Å². The van der Waals surface area contributed by atoms with Crippen LogP contribution in [0.15, 0.2) is 0 Å². The van der Waals surface area contributed by atoms with Crippen LogP contribution >= 0.6 is 11.6 Å². The van der Waals surface area contributed by atoms with E-state index in [-0.39, 0.29) is 6.04 Å². The molecule has 6 heteroatoms. The SMILES string of the molecule is CCOC(=O)Cl.CN1CCCCC1C(=O)O. The van der Waals surface area contributed by atoms with E-state index in [4.69, 9.17) is 16.7 Å². The van der Waals surface area contributed by atoms with Crippen LogP contribution in [0.1, 0.15) is 26.2 Å². The van der Waals surface area contributed by atoms with Crippen LogP contribution in [-0.2, 0) is 9.53 Å². The van der Waals surface area contributed by atoms with E-state index in [0.29, 0.717) is 6.61 Å². The number of carbonyl (C=O) groups excluding carboxylic acids is 1. The van der Waals surface area contributed by atoms with Crippen molar-refractivity contribution in [3.05, 3.63) is 0 Å². The van der Waals surface area contributed by atoms with Crippen molar-refractivity contribution in [1.29, 1.82) is 0 Å². The molecule has 0 saturated carbocycles. The maximum absolute atomic E-state index is 10.5. The summed E-state index contributed by atoms with van der Waals surface area (Å²) in [7, 11) is 1.87. The van der Waals surface area contributed by atoms with Crippen LogP contribution in [0.25, 0.3) is 0 Å². The Morgan fingerprint density at radius 2 is 2.12 bits per heavy atom. The van der Waals surface area contributed by atoms with Gasteiger partial charge >= 0.3 is 11.4 Å². The highest BCUT2D eigenvalue weighted by atomic mass is 35.5. The van der Waals surface area contributed by atoms with Crippen molar-refractivity contribution in [2.45, 2.75) is 32.2 Å². The molecule has 0 aliphatic carbocycles. The monoisotopic (exact) mass is 251 g/mol. The number of aliphatic carboxylic acids is 1. The summed E-state index contributed by atoms with van der Waals surface area (Å²) in [5, 5.41) is 8.67. The largest absolute Gasteiger partial charge is 0.480 e. The predicted molar refractivity (Wildman–Crippen MR) is 60.8 cm³/mol. The summed E-state index contributed by atoms with van der Waals surface area (Å²) in [6, 6.07) is -0.228. The number of nitrogens with zero attached hydrogens (tertiary/aromatic N) is 1. The highest BCUT2D eigenvalue weighted by molar-refractivity contribution is 6.61. The molecule has 1 saturated heterocycles. The quantitative estimate of drug-likeness (QED) is 0.760. The minimum absolute atomic E-state index is 0.228. The van der Waals surface area contributed by atoms with Crippen molar-refractivity contribution in [3.63, 3.8) is 0 Å². The van der Waals surface area contributed by atoms with E-state index in [1.54, 1.807) is 6.92 Å². The Bertz CT molecular complexity index is 235. The fourth-order valence-corrected chi connectivity index (χ4v) is 1.61. The lowest BCUT2D eigenvalue weighted by atomic mass is 10.0. The van der Waals surface area contributed by atoms with E-state index < -0.39 is 11.4 Å². The summed E-state index contributed by atoms with van der Waals surface area (Å²) in [6.07, 6.45) is 3.01. The topological polar surface area (TPSA) is 66.8 Å².